The molecule has 6 heteroatoms. The Balaban J connectivity index is 1.96. The molecule has 1 aromatic rings. The third-order valence-electron chi connectivity index (χ3n) is 3.94. The van der Waals surface area contributed by atoms with Crippen molar-refractivity contribution in [1.82, 2.24) is 5.32 Å². The monoisotopic (exact) mass is 311 g/mol. The van der Waals surface area contributed by atoms with E-state index in [1.54, 1.807) is 32.0 Å². The number of halogens is 1. The summed E-state index contributed by atoms with van der Waals surface area (Å²) in [6.07, 6.45) is 0.245. The Morgan fingerprint density at radius 2 is 2.24 bits per heavy atom. The van der Waals surface area contributed by atoms with Gasteiger partial charge in [-0.1, -0.05) is 18.5 Å². The molecule has 0 radical (unpaired) electrons. The van der Waals surface area contributed by atoms with E-state index >= 15 is 0 Å². The van der Waals surface area contributed by atoms with Gasteiger partial charge in [0.25, 0.3) is 5.91 Å². The first-order chi connectivity index (χ1) is 9.85. The molecule has 0 bridgehead atoms. The van der Waals surface area contributed by atoms with E-state index in [2.05, 4.69) is 5.32 Å². The SMILES string of the molecule is CCC(C)(CNC(=O)C1Cc2cc(Cl)ccc2O1)C(=O)O. The second kappa shape index (κ2) is 5.93. The zero-order chi connectivity index (χ0) is 15.6. The van der Waals surface area contributed by atoms with Crippen molar-refractivity contribution in [3.05, 3.63) is 28.8 Å². The summed E-state index contributed by atoms with van der Waals surface area (Å²) < 4.78 is 5.56. The number of carboxylic acid groups (broad SMARTS) is 1. The summed E-state index contributed by atoms with van der Waals surface area (Å²) in [7, 11) is 0. The van der Waals surface area contributed by atoms with Crippen LogP contribution in [0, 0.1) is 5.41 Å². The molecule has 2 N–H and O–H groups in total. The Labute approximate surface area is 128 Å². The molecule has 0 saturated heterocycles. The number of fused-ring (bicyclic) bond motifs is 1. The summed E-state index contributed by atoms with van der Waals surface area (Å²) in [5.41, 5.74) is -0.0797. The van der Waals surface area contributed by atoms with E-state index in [1.807, 2.05) is 0 Å². The van der Waals surface area contributed by atoms with Crippen LogP contribution in [0.15, 0.2) is 18.2 Å². The molecule has 5 nitrogen and oxygen atoms in total. The highest BCUT2D eigenvalue weighted by molar-refractivity contribution is 6.30. The topological polar surface area (TPSA) is 75.6 Å². The standard InChI is InChI=1S/C15H18ClNO4/c1-3-15(2,14(19)20)8-17-13(18)12-7-9-6-10(16)4-5-11(9)21-12/h4-6,12H,3,7-8H2,1-2H3,(H,17,18)(H,19,20). The number of rotatable bonds is 5. The van der Waals surface area contributed by atoms with Crippen molar-refractivity contribution in [2.24, 2.45) is 5.41 Å². The Morgan fingerprint density at radius 3 is 2.86 bits per heavy atom. The Bertz CT molecular complexity index is 575. The number of nitrogens with one attached hydrogen (secondary N) is 1. The molecular formula is C15H18ClNO4. The fraction of sp³-hybridized carbons (Fsp3) is 0.467. The highest BCUT2D eigenvalue weighted by Crippen LogP contribution is 2.31. The van der Waals surface area contributed by atoms with Gasteiger partial charge in [-0.2, -0.15) is 0 Å². The molecule has 114 valence electrons. The van der Waals surface area contributed by atoms with E-state index in [0.717, 1.165) is 5.56 Å². The molecule has 0 aromatic heterocycles. The van der Waals surface area contributed by atoms with E-state index < -0.39 is 17.5 Å². The van der Waals surface area contributed by atoms with Gasteiger partial charge in [-0.05, 0) is 37.1 Å². The van der Waals surface area contributed by atoms with E-state index in [1.165, 1.54) is 0 Å². The first-order valence-corrected chi connectivity index (χ1v) is 7.19. The smallest absolute Gasteiger partial charge is 0.311 e. The maximum atomic E-state index is 12.1. The number of carboxylic acids is 1. The molecule has 0 saturated carbocycles. The minimum Gasteiger partial charge on any atom is -0.481 e. The van der Waals surface area contributed by atoms with Gasteiger partial charge in [0.2, 0.25) is 0 Å². The molecule has 2 atom stereocenters. The average molecular weight is 312 g/mol. The van der Waals surface area contributed by atoms with Crippen LogP contribution in [-0.2, 0) is 16.0 Å². The van der Waals surface area contributed by atoms with Crippen molar-refractivity contribution in [1.29, 1.82) is 0 Å². The van der Waals surface area contributed by atoms with Crippen molar-refractivity contribution in [3.63, 3.8) is 0 Å². The van der Waals surface area contributed by atoms with Crippen LogP contribution in [0.5, 0.6) is 5.75 Å². The summed E-state index contributed by atoms with van der Waals surface area (Å²) in [6, 6.07) is 5.22. The van der Waals surface area contributed by atoms with Gasteiger partial charge in [0, 0.05) is 18.0 Å². The van der Waals surface area contributed by atoms with Crippen molar-refractivity contribution >= 4 is 23.5 Å². The number of carbonyl (C=O) groups is 2. The van der Waals surface area contributed by atoms with Gasteiger partial charge in [0.05, 0.1) is 5.41 Å². The molecule has 1 aromatic carbocycles. The maximum Gasteiger partial charge on any atom is 0.311 e. The van der Waals surface area contributed by atoms with Crippen LogP contribution < -0.4 is 10.1 Å². The van der Waals surface area contributed by atoms with Gasteiger partial charge in [-0.25, -0.2) is 0 Å². The highest BCUT2D eigenvalue weighted by Gasteiger charge is 2.34. The van der Waals surface area contributed by atoms with Gasteiger partial charge in [0.1, 0.15) is 5.75 Å². The van der Waals surface area contributed by atoms with Crippen molar-refractivity contribution in [2.45, 2.75) is 32.8 Å². The first-order valence-electron chi connectivity index (χ1n) is 6.82. The highest BCUT2D eigenvalue weighted by atomic mass is 35.5. The number of ether oxygens (including phenoxy) is 1. The fourth-order valence-electron chi connectivity index (χ4n) is 2.11. The van der Waals surface area contributed by atoms with Crippen molar-refractivity contribution in [2.75, 3.05) is 6.54 Å². The van der Waals surface area contributed by atoms with E-state index in [4.69, 9.17) is 16.3 Å². The predicted molar refractivity (Wildman–Crippen MR) is 78.6 cm³/mol. The summed E-state index contributed by atoms with van der Waals surface area (Å²) >= 11 is 5.90. The van der Waals surface area contributed by atoms with Gasteiger partial charge >= 0.3 is 5.97 Å². The van der Waals surface area contributed by atoms with Crippen molar-refractivity contribution in [3.8, 4) is 5.75 Å². The van der Waals surface area contributed by atoms with Crippen molar-refractivity contribution < 1.29 is 19.4 Å². The lowest BCUT2D eigenvalue weighted by atomic mass is 9.87. The molecule has 0 aliphatic carbocycles. The van der Waals surface area contributed by atoms with Crippen LogP contribution in [0.4, 0.5) is 0 Å². The molecular weight excluding hydrogens is 294 g/mol. The number of aliphatic carboxylic acids is 1. The minimum atomic E-state index is -0.968. The molecule has 1 amide bonds. The fourth-order valence-corrected chi connectivity index (χ4v) is 2.31. The minimum absolute atomic E-state index is 0.0780. The number of carbonyl (C=O) groups excluding carboxylic acids is 1. The quantitative estimate of drug-likeness (QED) is 0.874. The van der Waals surface area contributed by atoms with Gasteiger partial charge < -0.3 is 15.2 Å². The number of hydrogen-bond donors (Lipinski definition) is 2. The second-order valence-corrected chi connectivity index (χ2v) is 5.94. The molecule has 2 rings (SSSR count). The van der Waals surface area contributed by atoms with Crippen LogP contribution in [0.2, 0.25) is 5.02 Å². The second-order valence-electron chi connectivity index (χ2n) is 5.50. The third kappa shape index (κ3) is 3.29. The van der Waals surface area contributed by atoms with Gasteiger partial charge in [-0.3, -0.25) is 9.59 Å². The molecule has 1 aliphatic heterocycles. The molecule has 2 unspecified atom stereocenters. The number of benzene rings is 1. The third-order valence-corrected chi connectivity index (χ3v) is 4.17. The van der Waals surface area contributed by atoms with Crippen LogP contribution in [0.1, 0.15) is 25.8 Å². The van der Waals surface area contributed by atoms with Crippen LogP contribution in [-0.4, -0.2) is 29.6 Å². The predicted octanol–water partition coefficient (Wildman–Crippen LogP) is 2.26. The zero-order valence-electron chi connectivity index (χ0n) is 12.0. The van der Waals surface area contributed by atoms with Gasteiger partial charge in [0.15, 0.2) is 6.10 Å². The summed E-state index contributed by atoms with van der Waals surface area (Å²) in [5, 5.41) is 12.5. The van der Waals surface area contributed by atoms with Crippen LogP contribution >= 0.6 is 11.6 Å². The van der Waals surface area contributed by atoms with E-state index in [-0.39, 0.29) is 12.5 Å². The molecule has 0 spiro atoms. The Kier molecular flexibility index (Phi) is 4.42. The van der Waals surface area contributed by atoms with Crippen LogP contribution in [0.25, 0.3) is 0 Å². The molecule has 21 heavy (non-hydrogen) atoms. The zero-order valence-corrected chi connectivity index (χ0v) is 12.7. The maximum absolute atomic E-state index is 12.1. The van der Waals surface area contributed by atoms with E-state index in [0.29, 0.717) is 23.6 Å². The summed E-state index contributed by atoms with van der Waals surface area (Å²) in [5.74, 6) is -0.577. The lowest BCUT2D eigenvalue weighted by molar-refractivity contribution is -0.148. The molecule has 0 fully saturated rings. The van der Waals surface area contributed by atoms with Gasteiger partial charge in [-0.15, -0.1) is 0 Å². The normalized spacial score (nSPS) is 19.3. The molecule has 1 aliphatic rings. The largest absolute Gasteiger partial charge is 0.481 e. The lowest BCUT2D eigenvalue weighted by Gasteiger charge is -2.24. The lowest BCUT2D eigenvalue weighted by Crippen LogP contribution is -2.45. The van der Waals surface area contributed by atoms with E-state index in [9.17, 15) is 14.7 Å². The summed E-state index contributed by atoms with van der Waals surface area (Å²) in [6.45, 7) is 3.47. The number of hydrogen-bond acceptors (Lipinski definition) is 3. The van der Waals surface area contributed by atoms with Crippen LogP contribution in [0.3, 0.4) is 0 Å². The Morgan fingerprint density at radius 1 is 1.52 bits per heavy atom. The number of amides is 1. The molecule has 1 heterocycles. The average Bonchev–Trinajstić information content (AvgIpc) is 2.87. The Hall–Kier alpha value is -1.75. The summed E-state index contributed by atoms with van der Waals surface area (Å²) in [4.78, 5) is 23.3. The first kappa shape index (κ1) is 15.6.